The summed E-state index contributed by atoms with van der Waals surface area (Å²) < 4.78 is 0. The molecule has 200 valence electrons. The van der Waals surface area contributed by atoms with E-state index in [1.807, 2.05) is 18.5 Å². The van der Waals surface area contributed by atoms with Crippen LogP contribution >= 0.6 is 11.8 Å². The normalized spacial score (nSPS) is 15.5. The predicted octanol–water partition coefficient (Wildman–Crippen LogP) is 7.62. The van der Waals surface area contributed by atoms with Crippen molar-refractivity contribution in [2.75, 3.05) is 25.5 Å². The van der Waals surface area contributed by atoms with Gasteiger partial charge in [0.2, 0.25) is 0 Å². The fourth-order valence-corrected chi connectivity index (χ4v) is 4.92. The average molecular weight is 530 g/mol. The maximum absolute atomic E-state index is 8.81. The number of thioether (sulfide) groups is 1. The van der Waals surface area contributed by atoms with Crippen LogP contribution in [-0.2, 0) is 4.79 Å². The molecule has 0 amide bonds. The van der Waals surface area contributed by atoms with Gasteiger partial charge < -0.3 is 15.0 Å². The van der Waals surface area contributed by atoms with Gasteiger partial charge in [-0.15, -0.1) is 0 Å². The third-order valence-corrected chi connectivity index (χ3v) is 6.99. The van der Waals surface area contributed by atoms with Crippen molar-refractivity contribution in [1.82, 2.24) is 19.9 Å². The number of nitrogens with zero attached hydrogens (tertiary/aromatic N) is 4. The van der Waals surface area contributed by atoms with Crippen LogP contribution in [0, 0.1) is 6.92 Å². The van der Waals surface area contributed by atoms with Crippen molar-refractivity contribution < 1.29 is 4.79 Å². The number of allylic oxidation sites excluding steroid dienone is 1. The van der Waals surface area contributed by atoms with E-state index in [9.17, 15) is 0 Å². The molecule has 7 heteroatoms. The molecular weight excluding hydrogens is 490 g/mol. The SMILES string of the molecule is C=C(S/C=C\CCC)c1cncc(-c2cc(Nc3cccc(C)c3)nc(C3CCCN(C)C3)n2)c1.CC=O. The van der Waals surface area contributed by atoms with Crippen LogP contribution in [0.2, 0.25) is 0 Å². The first-order valence-electron chi connectivity index (χ1n) is 13.2. The van der Waals surface area contributed by atoms with E-state index < -0.39 is 0 Å². The number of aromatic nitrogens is 3. The zero-order chi connectivity index (χ0) is 27.3. The number of pyridine rings is 1. The average Bonchev–Trinajstić information content (AvgIpc) is 2.91. The lowest BCUT2D eigenvalue weighted by atomic mass is 9.97. The molecule has 1 fully saturated rings. The topological polar surface area (TPSA) is 71.0 Å². The summed E-state index contributed by atoms with van der Waals surface area (Å²) in [4.78, 5) is 26.7. The number of aryl methyl sites for hydroxylation is 1. The van der Waals surface area contributed by atoms with Gasteiger partial charge in [0.25, 0.3) is 0 Å². The fourth-order valence-electron chi connectivity index (χ4n) is 4.27. The highest BCUT2D eigenvalue weighted by atomic mass is 32.2. The predicted molar refractivity (Wildman–Crippen MR) is 162 cm³/mol. The van der Waals surface area contributed by atoms with Crippen molar-refractivity contribution in [3.05, 3.63) is 83.8 Å². The molecule has 0 aliphatic carbocycles. The van der Waals surface area contributed by atoms with Gasteiger partial charge in [-0.25, -0.2) is 9.97 Å². The second-order valence-corrected chi connectivity index (χ2v) is 10.5. The summed E-state index contributed by atoms with van der Waals surface area (Å²) in [6, 6.07) is 12.5. The van der Waals surface area contributed by atoms with Gasteiger partial charge in [-0.3, -0.25) is 4.98 Å². The molecule has 3 aromatic rings. The Morgan fingerprint density at radius 3 is 2.79 bits per heavy atom. The van der Waals surface area contributed by atoms with Gasteiger partial charge in [-0.05, 0) is 75.9 Å². The molecule has 1 aliphatic heterocycles. The highest BCUT2D eigenvalue weighted by molar-refractivity contribution is 8.10. The lowest BCUT2D eigenvalue weighted by Gasteiger charge is -2.29. The first kappa shape index (κ1) is 29.3. The van der Waals surface area contributed by atoms with Gasteiger partial charge in [-0.1, -0.05) is 49.9 Å². The van der Waals surface area contributed by atoms with Gasteiger partial charge in [0, 0.05) is 52.6 Å². The second-order valence-electron chi connectivity index (χ2n) is 9.49. The van der Waals surface area contributed by atoms with E-state index in [4.69, 9.17) is 14.8 Å². The number of piperidine rings is 1. The maximum Gasteiger partial charge on any atom is 0.135 e. The molecule has 0 bridgehead atoms. The zero-order valence-electron chi connectivity index (χ0n) is 23.0. The Bertz CT molecular complexity index is 1240. The molecule has 0 radical (unpaired) electrons. The van der Waals surface area contributed by atoms with Gasteiger partial charge in [0.15, 0.2) is 0 Å². The third kappa shape index (κ3) is 8.92. The number of carbonyl (C=O) groups excluding carboxylic acids is 1. The lowest BCUT2D eigenvalue weighted by molar-refractivity contribution is -0.106. The molecular formula is C31H39N5OS. The molecule has 1 N–H and O–H groups in total. The zero-order valence-corrected chi connectivity index (χ0v) is 23.8. The van der Waals surface area contributed by atoms with Crippen LogP contribution in [0.3, 0.4) is 0 Å². The lowest BCUT2D eigenvalue weighted by Crippen LogP contribution is -2.31. The first-order valence-corrected chi connectivity index (χ1v) is 14.1. The number of nitrogens with one attached hydrogen (secondary N) is 1. The number of likely N-dealkylation sites (tertiary alicyclic amines) is 1. The Morgan fingerprint density at radius 2 is 2.05 bits per heavy atom. The van der Waals surface area contributed by atoms with E-state index in [2.05, 4.69) is 84.5 Å². The Balaban J connectivity index is 0.00000127. The quantitative estimate of drug-likeness (QED) is 0.286. The summed E-state index contributed by atoms with van der Waals surface area (Å²) in [6.45, 7) is 12.1. The molecule has 0 saturated carbocycles. The van der Waals surface area contributed by atoms with E-state index in [0.29, 0.717) is 5.92 Å². The van der Waals surface area contributed by atoms with Crippen LogP contribution in [0.4, 0.5) is 11.5 Å². The number of unbranched alkanes of at least 4 members (excludes halogenated alkanes) is 1. The van der Waals surface area contributed by atoms with E-state index in [1.54, 1.807) is 11.8 Å². The van der Waals surface area contributed by atoms with Crippen molar-refractivity contribution >= 4 is 34.5 Å². The van der Waals surface area contributed by atoms with E-state index in [-0.39, 0.29) is 0 Å². The number of carbonyl (C=O) groups is 1. The van der Waals surface area contributed by atoms with Gasteiger partial charge in [0.05, 0.1) is 5.69 Å². The highest BCUT2D eigenvalue weighted by Crippen LogP contribution is 2.32. The number of benzene rings is 1. The van der Waals surface area contributed by atoms with Crippen LogP contribution < -0.4 is 5.32 Å². The Hall–Kier alpha value is -3.29. The van der Waals surface area contributed by atoms with E-state index >= 15 is 0 Å². The number of likely N-dealkylation sites (N-methyl/N-ethyl adjacent to an activating group) is 1. The van der Waals surface area contributed by atoms with Crippen molar-refractivity contribution in [1.29, 1.82) is 0 Å². The molecule has 1 atom stereocenters. The minimum atomic E-state index is 0.317. The number of hydrogen-bond acceptors (Lipinski definition) is 7. The second kappa shape index (κ2) is 15.2. The van der Waals surface area contributed by atoms with Gasteiger partial charge in [-0.2, -0.15) is 0 Å². The monoisotopic (exact) mass is 529 g/mol. The molecule has 4 rings (SSSR count). The van der Waals surface area contributed by atoms with Crippen LogP contribution in [-0.4, -0.2) is 46.3 Å². The molecule has 1 unspecified atom stereocenters. The van der Waals surface area contributed by atoms with Crippen LogP contribution in [0.1, 0.15) is 62.4 Å². The summed E-state index contributed by atoms with van der Waals surface area (Å²) in [5.41, 5.74) is 5.10. The van der Waals surface area contributed by atoms with E-state index in [1.165, 1.54) is 12.5 Å². The number of hydrogen-bond donors (Lipinski definition) is 1. The number of anilines is 2. The minimum Gasteiger partial charge on any atom is -0.340 e. The van der Waals surface area contributed by atoms with Crippen molar-refractivity contribution in [3.8, 4) is 11.3 Å². The third-order valence-electron chi connectivity index (χ3n) is 6.14. The summed E-state index contributed by atoms with van der Waals surface area (Å²) in [5, 5.41) is 5.62. The molecule has 1 aliphatic rings. The smallest absolute Gasteiger partial charge is 0.135 e. The molecule has 0 spiro atoms. The molecule has 38 heavy (non-hydrogen) atoms. The summed E-state index contributed by atoms with van der Waals surface area (Å²) in [7, 11) is 2.17. The molecule has 1 aromatic carbocycles. The summed E-state index contributed by atoms with van der Waals surface area (Å²) >= 11 is 1.64. The highest BCUT2D eigenvalue weighted by Gasteiger charge is 2.23. The minimum absolute atomic E-state index is 0.317. The first-order chi connectivity index (χ1) is 18.4. The van der Waals surface area contributed by atoms with Crippen LogP contribution in [0.5, 0.6) is 0 Å². The van der Waals surface area contributed by atoms with Crippen LogP contribution in [0.25, 0.3) is 16.2 Å². The van der Waals surface area contributed by atoms with Gasteiger partial charge in [0.1, 0.15) is 17.9 Å². The summed E-state index contributed by atoms with van der Waals surface area (Å²) in [5.74, 6) is 2.02. The number of rotatable bonds is 9. The van der Waals surface area contributed by atoms with Crippen molar-refractivity contribution in [3.63, 3.8) is 0 Å². The van der Waals surface area contributed by atoms with Crippen LogP contribution in [0.15, 0.2) is 66.9 Å². The number of aldehydes is 1. The fraction of sp³-hybridized carbons (Fsp3) is 0.355. The molecule has 3 heterocycles. The van der Waals surface area contributed by atoms with Crippen molar-refractivity contribution in [2.45, 2.75) is 52.4 Å². The molecule has 2 aromatic heterocycles. The van der Waals surface area contributed by atoms with Crippen molar-refractivity contribution in [2.24, 2.45) is 0 Å². The standard InChI is InChI=1S/C29H35N5S.C2H4O/c1-5-6-7-14-35-22(3)24-16-25(19-30-18-24)27-17-28(31-26-12-8-10-21(2)15-26)33-29(32-27)23-11-9-13-34(4)20-23;1-2-3/h7-8,10,12,14-19,23H,3,5-6,9,11,13,20H2,1-2,4H3,(H,31,32,33);2H,1H3/b14-7-;. The molecule has 6 nitrogen and oxygen atoms in total. The molecule has 1 saturated heterocycles. The Morgan fingerprint density at radius 1 is 1.24 bits per heavy atom. The van der Waals surface area contributed by atoms with E-state index in [0.717, 1.165) is 84.1 Å². The Kier molecular flexibility index (Phi) is 11.7. The largest absolute Gasteiger partial charge is 0.340 e. The maximum atomic E-state index is 8.81. The Labute approximate surface area is 231 Å². The summed E-state index contributed by atoms with van der Waals surface area (Å²) in [6.07, 6.45) is 11.2. The van der Waals surface area contributed by atoms with Gasteiger partial charge >= 0.3 is 0 Å².